The van der Waals surface area contributed by atoms with Crippen LogP contribution >= 0.6 is 0 Å². The molecule has 0 radical (unpaired) electrons. The zero-order chi connectivity index (χ0) is 13.3. The van der Waals surface area contributed by atoms with Crippen molar-refractivity contribution in [1.29, 1.82) is 0 Å². The Morgan fingerprint density at radius 1 is 1.21 bits per heavy atom. The van der Waals surface area contributed by atoms with Crippen molar-refractivity contribution in [2.75, 3.05) is 0 Å². The maximum atomic E-state index is 6.11. The highest BCUT2D eigenvalue weighted by Gasteiger charge is 2.67. The fourth-order valence-corrected chi connectivity index (χ4v) is 4.55. The lowest BCUT2D eigenvalue weighted by Crippen LogP contribution is -2.66. The molecule has 0 N–H and O–H groups in total. The monoisotopic (exact) mass is 266 g/mol. The summed E-state index contributed by atoms with van der Waals surface area (Å²) in [4.78, 5) is 11.7. The van der Waals surface area contributed by atoms with Crippen LogP contribution in [-0.2, 0) is 19.2 Å². The summed E-state index contributed by atoms with van der Waals surface area (Å²) in [7, 11) is 0. The minimum absolute atomic E-state index is 0.324. The molecule has 0 aromatic heterocycles. The fraction of sp³-hybridized carbons (Fsp3) is 0.867. The minimum Gasteiger partial charge on any atom is -0.469 e. The Hall–Kier alpha value is -0.580. The predicted molar refractivity (Wildman–Crippen MR) is 67.6 cm³/mol. The van der Waals surface area contributed by atoms with E-state index in [2.05, 4.69) is 13.8 Å². The summed E-state index contributed by atoms with van der Waals surface area (Å²) in [5.41, 5.74) is 0.817. The van der Waals surface area contributed by atoms with Crippen molar-refractivity contribution in [2.24, 2.45) is 17.8 Å². The van der Waals surface area contributed by atoms with Gasteiger partial charge in [0.1, 0.15) is 0 Å². The van der Waals surface area contributed by atoms with Gasteiger partial charge >= 0.3 is 0 Å². The van der Waals surface area contributed by atoms with Crippen molar-refractivity contribution in [2.45, 2.75) is 64.1 Å². The molecule has 5 rings (SSSR count). The molecule has 1 aliphatic carbocycles. The summed E-state index contributed by atoms with van der Waals surface area (Å²) >= 11 is 0. The van der Waals surface area contributed by atoms with Crippen molar-refractivity contribution in [1.82, 2.24) is 0 Å². The lowest BCUT2D eigenvalue weighted by molar-refractivity contribution is -0.555. The van der Waals surface area contributed by atoms with E-state index in [1.165, 1.54) is 12.0 Å². The third kappa shape index (κ3) is 1.45. The number of hydrogen-bond acceptors (Lipinski definition) is 4. The van der Waals surface area contributed by atoms with Crippen LogP contribution in [0.25, 0.3) is 0 Å². The van der Waals surface area contributed by atoms with E-state index in [-0.39, 0.29) is 6.29 Å². The Morgan fingerprint density at radius 2 is 2.05 bits per heavy atom. The van der Waals surface area contributed by atoms with E-state index >= 15 is 0 Å². The predicted octanol–water partition coefficient (Wildman–Crippen LogP) is 3.14. The Balaban J connectivity index is 1.85. The zero-order valence-corrected chi connectivity index (χ0v) is 11.8. The van der Waals surface area contributed by atoms with Gasteiger partial charge in [-0.25, -0.2) is 9.78 Å². The van der Waals surface area contributed by atoms with Gasteiger partial charge in [-0.1, -0.05) is 6.92 Å². The van der Waals surface area contributed by atoms with Gasteiger partial charge in [-0.05, 0) is 44.6 Å². The van der Waals surface area contributed by atoms with Crippen LogP contribution in [0.3, 0.4) is 0 Å². The third-order valence-electron chi connectivity index (χ3n) is 5.65. The third-order valence-corrected chi connectivity index (χ3v) is 5.65. The summed E-state index contributed by atoms with van der Waals surface area (Å²) in [6.07, 6.45) is 5.87. The molecule has 5 aliphatic rings. The Morgan fingerprint density at radius 3 is 2.89 bits per heavy atom. The van der Waals surface area contributed by atoms with Gasteiger partial charge in [0.2, 0.25) is 12.1 Å². The Bertz CT molecular complexity index is 434. The first kappa shape index (κ1) is 12.2. The summed E-state index contributed by atoms with van der Waals surface area (Å²) in [6.45, 7) is 6.40. The quantitative estimate of drug-likeness (QED) is 0.631. The van der Waals surface area contributed by atoms with Crippen LogP contribution in [0, 0.1) is 17.8 Å². The smallest absolute Gasteiger partial charge is 0.235 e. The minimum atomic E-state index is -0.656. The molecule has 4 aliphatic heterocycles. The highest BCUT2D eigenvalue weighted by atomic mass is 17.3. The largest absolute Gasteiger partial charge is 0.469 e. The second-order valence-corrected chi connectivity index (χ2v) is 6.85. The normalized spacial score (nSPS) is 55.8. The Labute approximate surface area is 114 Å². The first-order chi connectivity index (χ1) is 9.05. The average molecular weight is 266 g/mol. The van der Waals surface area contributed by atoms with Crippen molar-refractivity contribution >= 4 is 0 Å². The summed E-state index contributed by atoms with van der Waals surface area (Å²) in [5.74, 6) is 0.775. The zero-order valence-electron chi connectivity index (χ0n) is 11.8. The first-order valence-electron chi connectivity index (χ1n) is 7.42. The molecule has 4 nitrogen and oxygen atoms in total. The van der Waals surface area contributed by atoms with E-state index in [0.717, 1.165) is 19.3 Å². The van der Waals surface area contributed by atoms with Gasteiger partial charge in [-0.3, -0.25) is 0 Å². The van der Waals surface area contributed by atoms with Crippen LogP contribution in [0.1, 0.15) is 46.5 Å². The van der Waals surface area contributed by atoms with Crippen LogP contribution in [0.2, 0.25) is 0 Å². The molecule has 4 heterocycles. The van der Waals surface area contributed by atoms with Crippen LogP contribution in [0.4, 0.5) is 0 Å². The van der Waals surface area contributed by atoms with Crippen molar-refractivity contribution in [3.05, 3.63) is 11.8 Å². The highest BCUT2D eigenvalue weighted by molar-refractivity contribution is 5.19. The average Bonchev–Trinajstić information content (AvgIpc) is 2.61. The van der Waals surface area contributed by atoms with Gasteiger partial charge in [-0.2, -0.15) is 0 Å². The van der Waals surface area contributed by atoms with E-state index < -0.39 is 11.4 Å². The van der Waals surface area contributed by atoms with Crippen LogP contribution in [0.5, 0.6) is 0 Å². The van der Waals surface area contributed by atoms with E-state index in [9.17, 15) is 0 Å². The molecule has 1 spiro atoms. The maximum Gasteiger partial charge on any atom is 0.235 e. The number of ether oxygens (including phenoxy) is 2. The van der Waals surface area contributed by atoms with Gasteiger partial charge in [0.05, 0.1) is 6.26 Å². The molecular weight excluding hydrogens is 244 g/mol. The number of rotatable bonds is 0. The molecule has 6 atom stereocenters. The maximum absolute atomic E-state index is 6.11. The first-order valence-corrected chi connectivity index (χ1v) is 7.42. The molecule has 2 bridgehead atoms. The standard InChI is InChI=1S/C15H22O4/c1-9-4-5-11-10(2)8-16-13-15(11)12(9)6-7-14(3,17-13)18-19-15/h8-9,11-13H,4-7H2,1-3H3/t9-,11+,12+,13-,14+,15?/m1/s1. The lowest BCUT2D eigenvalue weighted by Gasteiger charge is -2.56. The van der Waals surface area contributed by atoms with Crippen LogP contribution in [0.15, 0.2) is 11.8 Å². The van der Waals surface area contributed by atoms with Gasteiger partial charge in [0.25, 0.3) is 0 Å². The molecule has 0 amide bonds. The summed E-state index contributed by atoms with van der Waals surface area (Å²) in [6, 6.07) is 0. The van der Waals surface area contributed by atoms with E-state index in [0.29, 0.717) is 17.8 Å². The van der Waals surface area contributed by atoms with E-state index in [1.807, 2.05) is 13.2 Å². The van der Waals surface area contributed by atoms with E-state index in [1.54, 1.807) is 0 Å². The summed E-state index contributed by atoms with van der Waals surface area (Å²) < 4.78 is 12.0. The molecule has 0 aromatic rings. The van der Waals surface area contributed by atoms with Crippen LogP contribution < -0.4 is 0 Å². The number of fused-ring (bicyclic) bond motifs is 2. The molecule has 1 saturated carbocycles. The lowest BCUT2D eigenvalue weighted by atomic mass is 9.60. The SMILES string of the molecule is CC1=CO[C@@H]2O[C@]3(C)CC[C@H]4[C@H](C)CC[C@@H]1C24OO3. The van der Waals surface area contributed by atoms with Gasteiger partial charge in [0, 0.05) is 18.3 Å². The molecule has 1 unspecified atom stereocenters. The second kappa shape index (κ2) is 3.74. The molecule has 106 valence electrons. The topological polar surface area (TPSA) is 36.9 Å². The highest BCUT2D eigenvalue weighted by Crippen LogP contribution is 2.59. The van der Waals surface area contributed by atoms with Crippen molar-refractivity contribution in [3.63, 3.8) is 0 Å². The van der Waals surface area contributed by atoms with Gasteiger partial charge in [-0.15, -0.1) is 0 Å². The Kier molecular flexibility index (Phi) is 2.40. The molecule has 0 aromatic carbocycles. The van der Waals surface area contributed by atoms with Crippen molar-refractivity contribution in [3.8, 4) is 0 Å². The molecule has 4 heteroatoms. The molecule has 4 fully saturated rings. The van der Waals surface area contributed by atoms with Gasteiger partial charge < -0.3 is 9.47 Å². The molecular formula is C15H22O4. The summed E-state index contributed by atoms with van der Waals surface area (Å²) in [5, 5.41) is 0. The van der Waals surface area contributed by atoms with E-state index in [4.69, 9.17) is 19.2 Å². The second-order valence-electron chi connectivity index (χ2n) is 6.85. The number of hydrogen-bond donors (Lipinski definition) is 0. The van der Waals surface area contributed by atoms with Crippen molar-refractivity contribution < 1.29 is 19.2 Å². The molecule has 3 saturated heterocycles. The van der Waals surface area contributed by atoms with Gasteiger partial charge in [0.15, 0.2) is 5.60 Å². The van der Waals surface area contributed by atoms with Crippen LogP contribution in [-0.4, -0.2) is 17.7 Å². The molecule has 19 heavy (non-hydrogen) atoms. The fourth-order valence-electron chi connectivity index (χ4n) is 4.55.